The molecule has 1 atom stereocenters. The Morgan fingerprint density at radius 3 is 2.94 bits per heavy atom. The summed E-state index contributed by atoms with van der Waals surface area (Å²) in [6.07, 6.45) is 5.86. The second-order valence-corrected chi connectivity index (χ2v) is 4.62. The molecule has 0 aliphatic carbocycles. The molecule has 1 N–H and O–H groups in total. The van der Waals surface area contributed by atoms with Crippen LogP contribution in [0.15, 0.2) is 41.5 Å². The van der Waals surface area contributed by atoms with E-state index in [4.69, 9.17) is 0 Å². The molecule has 1 aliphatic heterocycles. The number of hydrogen-bond acceptors (Lipinski definition) is 3. The molecule has 3 rings (SSSR count). The van der Waals surface area contributed by atoms with Crippen LogP contribution in [-0.2, 0) is 0 Å². The van der Waals surface area contributed by atoms with E-state index in [1.165, 1.54) is 10.9 Å². The summed E-state index contributed by atoms with van der Waals surface area (Å²) in [5, 5.41) is 4.51. The van der Waals surface area contributed by atoms with Gasteiger partial charge in [0.05, 0.1) is 5.52 Å². The van der Waals surface area contributed by atoms with Gasteiger partial charge in [-0.3, -0.25) is 9.98 Å². The van der Waals surface area contributed by atoms with Crippen molar-refractivity contribution in [1.82, 2.24) is 10.3 Å². The van der Waals surface area contributed by atoms with Crippen LogP contribution in [0, 0.1) is 6.92 Å². The van der Waals surface area contributed by atoms with Crippen LogP contribution in [0.2, 0.25) is 0 Å². The number of nitrogens with zero attached hydrogens (tertiary/aromatic N) is 2. The number of allylic oxidation sites excluding steroid dienone is 1. The Morgan fingerprint density at radius 2 is 2.11 bits per heavy atom. The number of rotatable bonds is 1. The summed E-state index contributed by atoms with van der Waals surface area (Å²) in [6.45, 7) is 4.13. The first kappa shape index (κ1) is 11.0. The lowest BCUT2D eigenvalue weighted by Gasteiger charge is -2.17. The zero-order valence-corrected chi connectivity index (χ0v) is 10.5. The van der Waals surface area contributed by atoms with Gasteiger partial charge in [-0.1, -0.05) is 11.6 Å². The van der Waals surface area contributed by atoms with Crippen LogP contribution in [0.3, 0.4) is 0 Å². The third-order valence-corrected chi connectivity index (χ3v) is 3.06. The highest BCUT2D eigenvalue weighted by atomic mass is 15.1. The van der Waals surface area contributed by atoms with E-state index in [0.29, 0.717) is 0 Å². The predicted molar refractivity (Wildman–Crippen MR) is 75.5 cm³/mol. The number of pyridine rings is 1. The van der Waals surface area contributed by atoms with Crippen LogP contribution >= 0.6 is 0 Å². The fourth-order valence-corrected chi connectivity index (χ4v) is 2.13. The van der Waals surface area contributed by atoms with Crippen molar-refractivity contribution in [2.45, 2.75) is 20.0 Å². The minimum Gasteiger partial charge on any atom is -0.363 e. The Bertz CT molecular complexity index is 656. The Morgan fingerprint density at radius 1 is 1.22 bits per heavy atom. The van der Waals surface area contributed by atoms with E-state index in [9.17, 15) is 0 Å². The molecule has 3 nitrogen and oxygen atoms in total. The topological polar surface area (TPSA) is 37.3 Å². The second-order valence-electron chi connectivity index (χ2n) is 4.62. The molecule has 0 amide bonds. The molecule has 18 heavy (non-hydrogen) atoms. The minimum absolute atomic E-state index is 0.123. The number of benzene rings is 1. The zero-order chi connectivity index (χ0) is 12.5. The minimum atomic E-state index is 0.123. The van der Waals surface area contributed by atoms with Gasteiger partial charge < -0.3 is 5.32 Å². The van der Waals surface area contributed by atoms with Crippen molar-refractivity contribution in [3.05, 3.63) is 47.7 Å². The summed E-state index contributed by atoms with van der Waals surface area (Å²) in [5.74, 6) is 0. The quantitative estimate of drug-likeness (QED) is 0.828. The summed E-state index contributed by atoms with van der Waals surface area (Å²) in [7, 11) is 0. The van der Waals surface area contributed by atoms with Gasteiger partial charge in [0.1, 0.15) is 6.17 Å². The van der Waals surface area contributed by atoms with E-state index >= 15 is 0 Å². The number of aromatic nitrogens is 1. The van der Waals surface area contributed by atoms with Gasteiger partial charge in [0.2, 0.25) is 0 Å². The third kappa shape index (κ3) is 1.99. The first-order chi connectivity index (χ1) is 8.72. The lowest BCUT2D eigenvalue weighted by molar-refractivity contribution is 0.684. The molecule has 1 aromatic heterocycles. The van der Waals surface area contributed by atoms with Crippen LogP contribution < -0.4 is 5.32 Å². The molecule has 0 bridgehead atoms. The van der Waals surface area contributed by atoms with Gasteiger partial charge in [-0.25, -0.2) is 0 Å². The molecule has 0 spiro atoms. The highest BCUT2D eigenvalue weighted by Crippen LogP contribution is 2.20. The Labute approximate surface area is 106 Å². The number of nitrogens with one attached hydrogen (secondary N) is 1. The number of hydrogen-bond donors (Lipinski definition) is 1. The highest BCUT2D eigenvalue weighted by Gasteiger charge is 2.08. The summed E-state index contributed by atoms with van der Waals surface area (Å²) in [5.41, 5.74) is 4.46. The smallest absolute Gasteiger partial charge is 0.115 e. The molecule has 0 saturated carbocycles. The second kappa shape index (κ2) is 4.26. The number of fused-ring (bicyclic) bond motifs is 1. The molecule has 0 radical (unpaired) electrons. The zero-order valence-electron chi connectivity index (χ0n) is 10.5. The van der Waals surface area contributed by atoms with Crippen molar-refractivity contribution >= 4 is 22.8 Å². The van der Waals surface area contributed by atoms with Crippen molar-refractivity contribution in [3.8, 4) is 0 Å². The Balaban J connectivity index is 2.08. The first-order valence-corrected chi connectivity index (χ1v) is 6.09. The molecule has 0 saturated heterocycles. The Kier molecular flexibility index (Phi) is 2.59. The fourth-order valence-electron chi connectivity index (χ4n) is 2.13. The molecule has 1 unspecified atom stereocenters. The van der Waals surface area contributed by atoms with E-state index in [-0.39, 0.29) is 6.17 Å². The van der Waals surface area contributed by atoms with Gasteiger partial charge in [-0.05, 0) is 38.1 Å². The van der Waals surface area contributed by atoms with E-state index < -0.39 is 0 Å². The van der Waals surface area contributed by atoms with Gasteiger partial charge in [-0.2, -0.15) is 0 Å². The van der Waals surface area contributed by atoms with Crippen molar-refractivity contribution in [3.63, 3.8) is 0 Å². The molecule has 3 heteroatoms. The molecule has 90 valence electrons. The first-order valence-electron chi connectivity index (χ1n) is 6.09. The largest absolute Gasteiger partial charge is 0.363 e. The maximum Gasteiger partial charge on any atom is 0.115 e. The molecule has 1 aromatic carbocycles. The van der Waals surface area contributed by atoms with Crippen LogP contribution in [-0.4, -0.2) is 17.4 Å². The molecule has 2 aromatic rings. The summed E-state index contributed by atoms with van der Waals surface area (Å²) in [4.78, 5) is 8.75. The van der Waals surface area contributed by atoms with Crippen molar-refractivity contribution < 1.29 is 0 Å². The number of aliphatic imine (C=N–C) groups is 1. The maximum absolute atomic E-state index is 4.50. The van der Waals surface area contributed by atoms with Crippen LogP contribution in [0.25, 0.3) is 16.6 Å². The van der Waals surface area contributed by atoms with Gasteiger partial charge in [0.25, 0.3) is 0 Å². The van der Waals surface area contributed by atoms with E-state index in [1.54, 1.807) is 0 Å². The Hall–Kier alpha value is -2.16. The standard InChI is InChI=1S/C15H15N3/c1-10-3-4-14-12(7-10)8-13(9-17-14)15-5-6-16-11(2)18-15/h3-9,11,18H,1-2H3. The van der Waals surface area contributed by atoms with Gasteiger partial charge in [0, 0.05) is 29.1 Å². The van der Waals surface area contributed by atoms with Crippen molar-refractivity contribution in [1.29, 1.82) is 0 Å². The summed E-state index contributed by atoms with van der Waals surface area (Å²) < 4.78 is 0. The highest BCUT2D eigenvalue weighted by molar-refractivity contribution is 5.88. The maximum atomic E-state index is 4.50. The van der Waals surface area contributed by atoms with E-state index in [1.807, 2.05) is 25.4 Å². The summed E-state index contributed by atoms with van der Waals surface area (Å²) in [6, 6.07) is 8.47. The average Bonchev–Trinajstić information content (AvgIpc) is 2.38. The van der Waals surface area contributed by atoms with Crippen LogP contribution in [0.5, 0.6) is 0 Å². The van der Waals surface area contributed by atoms with E-state index in [0.717, 1.165) is 16.8 Å². The number of aryl methyl sites for hydroxylation is 1. The molecule has 0 fully saturated rings. The van der Waals surface area contributed by atoms with Gasteiger partial charge in [-0.15, -0.1) is 0 Å². The molecular weight excluding hydrogens is 222 g/mol. The normalized spacial score (nSPS) is 18.6. The molecular formula is C15H15N3. The molecule has 1 aliphatic rings. The summed E-state index contributed by atoms with van der Waals surface area (Å²) >= 11 is 0. The van der Waals surface area contributed by atoms with Gasteiger partial charge in [0.15, 0.2) is 0 Å². The fraction of sp³-hybridized carbons (Fsp3) is 0.200. The molecule has 2 heterocycles. The van der Waals surface area contributed by atoms with Gasteiger partial charge >= 0.3 is 0 Å². The van der Waals surface area contributed by atoms with E-state index in [2.05, 4.69) is 46.5 Å². The third-order valence-electron chi connectivity index (χ3n) is 3.06. The lowest BCUT2D eigenvalue weighted by atomic mass is 10.1. The monoisotopic (exact) mass is 237 g/mol. The van der Waals surface area contributed by atoms with Crippen molar-refractivity contribution in [2.75, 3.05) is 0 Å². The van der Waals surface area contributed by atoms with Crippen LogP contribution in [0.1, 0.15) is 18.1 Å². The SMILES string of the molecule is Cc1ccc2ncc(C3=CC=NC(C)N3)cc2c1. The predicted octanol–water partition coefficient (Wildman–Crippen LogP) is 2.90. The van der Waals surface area contributed by atoms with Crippen molar-refractivity contribution in [2.24, 2.45) is 4.99 Å². The average molecular weight is 237 g/mol. The lowest BCUT2D eigenvalue weighted by Crippen LogP contribution is -2.25. The van der Waals surface area contributed by atoms with Crippen LogP contribution in [0.4, 0.5) is 0 Å².